The fraction of sp³-hybridized carbons (Fsp3) is 0.333. The summed E-state index contributed by atoms with van der Waals surface area (Å²) in [5.41, 5.74) is 2.77. The highest BCUT2D eigenvalue weighted by Gasteiger charge is 2.14. The van der Waals surface area contributed by atoms with Gasteiger partial charge >= 0.3 is 0 Å². The third kappa shape index (κ3) is 3.93. The molecule has 0 aliphatic rings. The SMILES string of the molecule is Cc1nc(CCN(C)C(=O)c2ccc(-c3sc(C)nc3C)cc2)no1. The minimum Gasteiger partial charge on any atom is -0.341 e. The van der Waals surface area contributed by atoms with E-state index in [1.165, 1.54) is 0 Å². The zero-order chi connectivity index (χ0) is 18.0. The van der Waals surface area contributed by atoms with Crippen molar-refractivity contribution in [1.82, 2.24) is 20.0 Å². The average Bonchev–Trinajstić information content (AvgIpc) is 3.16. The molecule has 0 fully saturated rings. The summed E-state index contributed by atoms with van der Waals surface area (Å²) < 4.78 is 4.94. The molecule has 0 N–H and O–H groups in total. The number of likely N-dealkylation sites (N-methyl/N-ethyl adjacent to an activating group) is 1. The number of aryl methyl sites for hydroxylation is 3. The monoisotopic (exact) mass is 356 g/mol. The highest BCUT2D eigenvalue weighted by Crippen LogP contribution is 2.29. The lowest BCUT2D eigenvalue weighted by Crippen LogP contribution is -2.29. The Kier molecular flexibility index (Phi) is 4.94. The molecule has 0 bridgehead atoms. The fourth-order valence-electron chi connectivity index (χ4n) is 2.60. The molecule has 1 amide bonds. The predicted octanol–water partition coefficient (Wildman–Crippen LogP) is 3.43. The summed E-state index contributed by atoms with van der Waals surface area (Å²) in [6.45, 7) is 6.29. The lowest BCUT2D eigenvalue weighted by atomic mass is 10.1. The second kappa shape index (κ2) is 7.14. The van der Waals surface area contributed by atoms with E-state index >= 15 is 0 Å². The van der Waals surface area contributed by atoms with Gasteiger partial charge in [0.15, 0.2) is 5.82 Å². The number of amides is 1. The summed E-state index contributed by atoms with van der Waals surface area (Å²) in [6.07, 6.45) is 0.566. The quantitative estimate of drug-likeness (QED) is 0.700. The highest BCUT2D eigenvalue weighted by molar-refractivity contribution is 7.15. The van der Waals surface area contributed by atoms with Gasteiger partial charge in [0.1, 0.15) is 0 Å². The fourth-order valence-corrected chi connectivity index (χ4v) is 3.52. The Balaban J connectivity index is 1.66. The second-order valence-electron chi connectivity index (χ2n) is 5.93. The van der Waals surface area contributed by atoms with E-state index in [9.17, 15) is 4.79 Å². The van der Waals surface area contributed by atoms with Gasteiger partial charge in [-0.3, -0.25) is 4.79 Å². The number of carbonyl (C=O) groups is 1. The molecular weight excluding hydrogens is 336 g/mol. The number of thiazole rings is 1. The van der Waals surface area contributed by atoms with Crippen LogP contribution in [0.15, 0.2) is 28.8 Å². The number of carbonyl (C=O) groups excluding carboxylic acids is 1. The first kappa shape index (κ1) is 17.3. The maximum Gasteiger partial charge on any atom is 0.253 e. The molecule has 3 rings (SSSR count). The Labute approximate surface area is 150 Å². The number of nitrogens with zero attached hydrogens (tertiary/aromatic N) is 4. The minimum atomic E-state index is -0.0241. The van der Waals surface area contributed by atoms with Crippen LogP contribution in [0.25, 0.3) is 10.4 Å². The van der Waals surface area contributed by atoms with Crippen LogP contribution in [0, 0.1) is 20.8 Å². The standard InChI is InChI=1S/C18H20N4O2S/c1-11-17(25-13(3)19-11)14-5-7-15(8-6-14)18(23)22(4)10-9-16-20-12(2)24-21-16/h5-8H,9-10H2,1-4H3. The molecule has 0 spiro atoms. The molecule has 0 saturated carbocycles. The van der Waals surface area contributed by atoms with E-state index in [4.69, 9.17) is 4.52 Å². The van der Waals surface area contributed by atoms with Gasteiger partial charge in [-0.2, -0.15) is 4.98 Å². The zero-order valence-corrected chi connectivity index (χ0v) is 15.6. The van der Waals surface area contributed by atoms with Crippen molar-refractivity contribution in [2.75, 3.05) is 13.6 Å². The summed E-state index contributed by atoms with van der Waals surface area (Å²) in [5, 5.41) is 4.89. The summed E-state index contributed by atoms with van der Waals surface area (Å²) in [5.74, 6) is 1.13. The van der Waals surface area contributed by atoms with Gasteiger partial charge in [-0.05, 0) is 31.5 Å². The molecule has 25 heavy (non-hydrogen) atoms. The van der Waals surface area contributed by atoms with E-state index in [2.05, 4.69) is 15.1 Å². The average molecular weight is 356 g/mol. The minimum absolute atomic E-state index is 0.0241. The van der Waals surface area contributed by atoms with E-state index < -0.39 is 0 Å². The van der Waals surface area contributed by atoms with Crippen LogP contribution in [0.5, 0.6) is 0 Å². The first-order valence-electron chi connectivity index (χ1n) is 8.03. The van der Waals surface area contributed by atoms with Gasteiger partial charge in [0.25, 0.3) is 5.91 Å². The van der Waals surface area contributed by atoms with Crippen molar-refractivity contribution in [3.05, 3.63) is 52.2 Å². The summed E-state index contributed by atoms with van der Waals surface area (Å²) in [4.78, 5) is 24.0. The molecule has 0 atom stereocenters. The van der Waals surface area contributed by atoms with Gasteiger partial charge in [0, 0.05) is 32.5 Å². The van der Waals surface area contributed by atoms with Crippen LogP contribution in [0.4, 0.5) is 0 Å². The van der Waals surface area contributed by atoms with E-state index in [0.717, 1.165) is 21.1 Å². The van der Waals surface area contributed by atoms with Crippen molar-refractivity contribution in [1.29, 1.82) is 0 Å². The molecule has 1 aromatic carbocycles. The molecule has 0 aliphatic carbocycles. The first-order valence-corrected chi connectivity index (χ1v) is 8.85. The molecule has 7 heteroatoms. The van der Waals surface area contributed by atoms with Gasteiger partial charge in [0.05, 0.1) is 15.6 Å². The normalized spacial score (nSPS) is 10.9. The summed E-state index contributed by atoms with van der Waals surface area (Å²) in [6, 6.07) is 7.68. The van der Waals surface area contributed by atoms with E-state index in [1.807, 2.05) is 38.1 Å². The smallest absolute Gasteiger partial charge is 0.253 e. The number of aromatic nitrogens is 3. The third-order valence-corrected chi connectivity index (χ3v) is 5.01. The molecule has 130 valence electrons. The van der Waals surface area contributed by atoms with Crippen LogP contribution in [-0.4, -0.2) is 39.5 Å². The summed E-state index contributed by atoms with van der Waals surface area (Å²) in [7, 11) is 1.78. The molecule has 0 radical (unpaired) electrons. The number of hydrogen-bond acceptors (Lipinski definition) is 6. The van der Waals surface area contributed by atoms with Crippen molar-refractivity contribution < 1.29 is 9.32 Å². The highest BCUT2D eigenvalue weighted by atomic mass is 32.1. The van der Waals surface area contributed by atoms with Gasteiger partial charge in [-0.15, -0.1) is 11.3 Å². The lowest BCUT2D eigenvalue weighted by molar-refractivity contribution is 0.0796. The number of hydrogen-bond donors (Lipinski definition) is 0. The molecule has 6 nitrogen and oxygen atoms in total. The van der Waals surface area contributed by atoms with Crippen molar-refractivity contribution in [3.63, 3.8) is 0 Å². The van der Waals surface area contributed by atoms with Crippen molar-refractivity contribution in [3.8, 4) is 10.4 Å². The zero-order valence-electron chi connectivity index (χ0n) is 14.7. The number of rotatable bonds is 5. The van der Waals surface area contributed by atoms with Crippen LogP contribution in [0.3, 0.4) is 0 Å². The second-order valence-corrected chi connectivity index (χ2v) is 7.13. The Morgan fingerprint density at radius 2 is 1.88 bits per heavy atom. The van der Waals surface area contributed by atoms with Crippen molar-refractivity contribution in [2.45, 2.75) is 27.2 Å². The molecule has 2 heterocycles. The van der Waals surface area contributed by atoms with Crippen molar-refractivity contribution in [2.24, 2.45) is 0 Å². The molecule has 0 unspecified atom stereocenters. The molecule has 0 saturated heterocycles. The van der Waals surface area contributed by atoms with E-state index in [-0.39, 0.29) is 5.91 Å². The Bertz CT molecular complexity index is 883. The Hall–Kier alpha value is -2.54. The molecule has 3 aromatic rings. The van der Waals surface area contributed by atoms with Crippen LogP contribution < -0.4 is 0 Å². The lowest BCUT2D eigenvalue weighted by Gasteiger charge is -2.16. The maximum absolute atomic E-state index is 12.5. The Morgan fingerprint density at radius 1 is 1.16 bits per heavy atom. The van der Waals surface area contributed by atoms with Gasteiger partial charge in [0.2, 0.25) is 5.89 Å². The van der Waals surface area contributed by atoms with E-state index in [0.29, 0.717) is 30.2 Å². The van der Waals surface area contributed by atoms with Crippen LogP contribution in [0.1, 0.15) is 32.8 Å². The van der Waals surface area contributed by atoms with Crippen molar-refractivity contribution >= 4 is 17.2 Å². The van der Waals surface area contributed by atoms with Crippen LogP contribution in [-0.2, 0) is 6.42 Å². The molecule has 0 aliphatic heterocycles. The number of benzene rings is 1. The predicted molar refractivity (Wildman–Crippen MR) is 96.7 cm³/mol. The maximum atomic E-state index is 12.5. The van der Waals surface area contributed by atoms with Crippen LogP contribution in [0.2, 0.25) is 0 Å². The third-order valence-electron chi connectivity index (χ3n) is 3.88. The van der Waals surface area contributed by atoms with E-state index in [1.54, 1.807) is 30.2 Å². The molecular formula is C18H20N4O2S. The topological polar surface area (TPSA) is 72.1 Å². The van der Waals surface area contributed by atoms with Gasteiger partial charge in [-0.25, -0.2) is 4.98 Å². The van der Waals surface area contributed by atoms with Gasteiger partial charge < -0.3 is 9.42 Å². The first-order chi connectivity index (χ1) is 11.9. The molecule has 2 aromatic heterocycles. The Morgan fingerprint density at radius 3 is 2.44 bits per heavy atom. The van der Waals surface area contributed by atoms with Crippen LogP contribution >= 0.6 is 11.3 Å². The van der Waals surface area contributed by atoms with Gasteiger partial charge in [-0.1, -0.05) is 17.3 Å². The summed E-state index contributed by atoms with van der Waals surface area (Å²) >= 11 is 1.67. The largest absolute Gasteiger partial charge is 0.341 e.